The number of aliphatic hydroxyl groups excluding tert-OH is 1. The number of carbonyl (C=O) groups excluding carboxylic acids is 1. The Labute approximate surface area is 104 Å². The van der Waals surface area contributed by atoms with Crippen LogP contribution >= 0.6 is 11.6 Å². The van der Waals surface area contributed by atoms with E-state index in [9.17, 15) is 9.90 Å². The molecule has 0 unspecified atom stereocenters. The fraction of sp³-hybridized carbons (Fsp3) is 0.545. The molecule has 17 heavy (non-hydrogen) atoms. The van der Waals surface area contributed by atoms with Gasteiger partial charge < -0.3 is 10.4 Å². The summed E-state index contributed by atoms with van der Waals surface area (Å²) in [6.07, 6.45) is 5.80. The lowest BCUT2D eigenvalue weighted by Crippen LogP contribution is -2.45. The van der Waals surface area contributed by atoms with Crippen LogP contribution in [0.2, 0.25) is 5.15 Å². The van der Waals surface area contributed by atoms with Crippen molar-refractivity contribution in [3.63, 3.8) is 0 Å². The van der Waals surface area contributed by atoms with Crippen molar-refractivity contribution in [3.05, 3.63) is 23.2 Å². The smallest absolute Gasteiger partial charge is 0.271 e. The summed E-state index contributed by atoms with van der Waals surface area (Å²) in [5.74, 6) is -0.342. The molecule has 1 fully saturated rings. The lowest BCUT2D eigenvalue weighted by molar-refractivity contribution is 0.0713. The summed E-state index contributed by atoms with van der Waals surface area (Å²) in [4.78, 5) is 19.5. The van der Waals surface area contributed by atoms with Crippen molar-refractivity contribution >= 4 is 17.5 Å². The molecule has 0 bridgehead atoms. The number of nitrogens with zero attached hydrogens (tertiary/aromatic N) is 2. The van der Waals surface area contributed by atoms with E-state index >= 15 is 0 Å². The lowest BCUT2D eigenvalue weighted by atomic mass is 9.92. The van der Waals surface area contributed by atoms with Crippen LogP contribution in [0, 0.1) is 0 Å². The summed E-state index contributed by atoms with van der Waals surface area (Å²) >= 11 is 5.66. The van der Waals surface area contributed by atoms with Crippen molar-refractivity contribution in [1.29, 1.82) is 0 Å². The first-order valence-corrected chi connectivity index (χ1v) is 6.01. The summed E-state index contributed by atoms with van der Waals surface area (Å²) in [6.45, 7) is 0. The normalized spacial score (nSPS) is 24.4. The molecule has 2 rings (SSSR count). The van der Waals surface area contributed by atoms with Crippen LogP contribution in [0.1, 0.15) is 36.2 Å². The Hall–Kier alpha value is -1.20. The van der Waals surface area contributed by atoms with Crippen molar-refractivity contribution in [2.24, 2.45) is 0 Å². The van der Waals surface area contributed by atoms with Gasteiger partial charge in [0.05, 0.1) is 24.5 Å². The van der Waals surface area contributed by atoms with E-state index in [4.69, 9.17) is 11.6 Å². The highest BCUT2D eigenvalue weighted by Crippen LogP contribution is 2.18. The number of aliphatic hydroxyl groups is 1. The van der Waals surface area contributed by atoms with E-state index in [1.165, 1.54) is 12.4 Å². The fourth-order valence-electron chi connectivity index (χ4n) is 1.97. The molecule has 0 aliphatic heterocycles. The summed E-state index contributed by atoms with van der Waals surface area (Å²) < 4.78 is 0. The summed E-state index contributed by atoms with van der Waals surface area (Å²) in [5.41, 5.74) is 0.176. The SMILES string of the molecule is O=C(N[C@H]1CCCC[C@@H]1O)c1cncc(Cl)n1. The number of aromatic nitrogens is 2. The van der Waals surface area contributed by atoms with Crippen molar-refractivity contribution in [2.45, 2.75) is 37.8 Å². The second kappa shape index (κ2) is 5.42. The molecule has 0 radical (unpaired) electrons. The number of carbonyl (C=O) groups is 1. The molecule has 0 aromatic carbocycles. The van der Waals surface area contributed by atoms with Crippen LogP contribution in [0.25, 0.3) is 0 Å². The Bertz CT molecular complexity index is 413. The average Bonchev–Trinajstić information content (AvgIpc) is 2.32. The third-order valence-electron chi connectivity index (χ3n) is 2.88. The van der Waals surface area contributed by atoms with Crippen LogP contribution in [0.5, 0.6) is 0 Å². The lowest BCUT2D eigenvalue weighted by Gasteiger charge is -2.28. The quantitative estimate of drug-likeness (QED) is 0.832. The maximum absolute atomic E-state index is 11.8. The zero-order chi connectivity index (χ0) is 12.3. The van der Waals surface area contributed by atoms with E-state index in [-0.39, 0.29) is 22.8 Å². The molecule has 6 heteroatoms. The maximum atomic E-state index is 11.8. The first kappa shape index (κ1) is 12.3. The van der Waals surface area contributed by atoms with Gasteiger partial charge in [0.15, 0.2) is 0 Å². The van der Waals surface area contributed by atoms with Gasteiger partial charge in [-0.05, 0) is 12.8 Å². The Morgan fingerprint density at radius 1 is 1.41 bits per heavy atom. The highest BCUT2D eigenvalue weighted by atomic mass is 35.5. The van der Waals surface area contributed by atoms with Crippen LogP contribution < -0.4 is 5.32 Å². The molecule has 0 saturated heterocycles. The van der Waals surface area contributed by atoms with Crippen molar-refractivity contribution in [1.82, 2.24) is 15.3 Å². The number of rotatable bonds is 2. The van der Waals surface area contributed by atoms with Gasteiger partial charge in [0.1, 0.15) is 10.8 Å². The molecule has 1 aliphatic rings. The van der Waals surface area contributed by atoms with Gasteiger partial charge in [0.2, 0.25) is 0 Å². The molecule has 2 atom stereocenters. The van der Waals surface area contributed by atoms with Gasteiger partial charge in [-0.3, -0.25) is 9.78 Å². The first-order chi connectivity index (χ1) is 8.16. The predicted molar refractivity (Wildman–Crippen MR) is 62.8 cm³/mol. The topological polar surface area (TPSA) is 75.1 Å². The first-order valence-electron chi connectivity index (χ1n) is 5.63. The third-order valence-corrected chi connectivity index (χ3v) is 3.07. The second-order valence-electron chi connectivity index (χ2n) is 4.16. The molecule has 1 amide bonds. The molecule has 92 valence electrons. The average molecular weight is 256 g/mol. The Morgan fingerprint density at radius 3 is 2.88 bits per heavy atom. The van der Waals surface area contributed by atoms with Crippen LogP contribution in [0.4, 0.5) is 0 Å². The molecule has 0 spiro atoms. The monoisotopic (exact) mass is 255 g/mol. The minimum atomic E-state index is -0.472. The molecular weight excluding hydrogens is 242 g/mol. The molecule has 1 heterocycles. The number of hydrogen-bond acceptors (Lipinski definition) is 4. The molecule has 1 aromatic rings. The minimum absolute atomic E-state index is 0.176. The van der Waals surface area contributed by atoms with Crippen LogP contribution in [0.3, 0.4) is 0 Å². The van der Waals surface area contributed by atoms with Crippen LogP contribution in [-0.2, 0) is 0 Å². The Morgan fingerprint density at radius 2 is 2.18 bits per heavy atom. The van der Waals surface area contributed by atoms with E-state index < -0.39 is 6.10 Å². The van der Waals surface area contributed by atoms with E-state index in [0.29, 0.717) is 0 Å². The number of halogens is 1. The molecule has 2 N–H and O–H groups in total. The van der Waals surface area contributed by atoms with Gasteiger partial charge in [0.25, 0.3) is 5.91 Å². The number of amides is 1. The van der Waals surface area contributed by atoms with Crippen molar-refractivity contribution in [2.75, 3.05) is 0 Å². The molecule has 1 aliphatic carbocycles. The summed E-state index contributed by atoms with van der Waals surface area (Å²) in [7, 11) is 0. The highest BCUT2D eigenvalue weighted by Gasteiger charge is 2.25. The van der Waals surface area contributed by atoms with Gasteiger partial charge in [-0.15, -0.1) is 0 Å². The molecule has 1 aromatic heterocycles. The van der Waals surface area contributed by atoms with Gasteiger partial charge in [-0.25, -0.2) is 4.98 Å². The largest absolute Gasteiger partial charge is 0.391 e. The number of nitrogens with one attached hydrogen (secondary N) is 1. The summed E-state index contributed by atoms with van der Waals surface area (Å²) in [5, 5.41) is 12.7. The molecular formula is C11H14ClN3O2. The van der Waals surface area contributed by atoms with E-state index in [0.717, 1.165) is 25.7 Å². The zero-order valence-corrected chi connectivity index (χ0v) is 10.0. The fourth-order valence-corrected chi connectivity index (χ4v) is 2.12. The second-order valence-corrected chi connectivity index (χ2v) is 4.55. The van der Waals surface area contributed by atoms with Gasteiger partial charge >= 0.3 is 0 Å². The van der Waals surface area contributed by atoms with E-state index in [1.54, 1.807) is 0 Å². The highest BCUT2D eigenvalue weighted by molar-refractivity contribution is 6.29. The van der Waals surface area contributed by atoms with Crippen molar-refractivity contribution in [3.8, 4) is 0 Å². The third kappa shape index (κ3) is 3.14. The standard InChI is InChI=1S/C11H14ClN3O2/c12-10-6-13-5-8(14-10)11(17)15-7-3-1-2-4-9(7)16/h5-7,9,16H,1-4H2,(H,15,17)/t7-,9-/m0/s1. The van der Waals surface area contributed by atoms with Gasteiger partial charge in [-0.2, -0.15) is 0 Å². The van der Waals surface area contributed by atoms with Gasteiger partial charge in [-0.1, -0.05) is 24.4 Å². The molecule has 1 saturated carbocycles. The molecule has 5 nitrogen and oxygen atoms in total. The minimum Gasteiger partial charge on any atom is -0.391 e. The Balaban J connectivity index is 2.01. The maximum Gasteiger partial charge on any atom is 0.271 e. The zero-order valence-electron chi connectivity index (χ0n) is 9.27. The van der Waals surface area contributed by atoms with Crippen LogP contribution in [-0.4, -0.2) is 33.1 Å². The Kier molecular flexibility index (Phi) is 3.91. The van der Waals surface area contributed by atoms with Crippen LogP contribution in [0.15, 0.2) is 12.4 Å². The predicted octanol–water partition coefficient (Wildman–Crippen LogP) is 1.16. The number of hydrogen-bond donors (Lipinski definition) is 2. The van der Waals surface area contributed by atoms with E-state index in [1.807, 2.05) is 0 Å². The van der Waals surface area contributed by atoms with E-state index in [2.05, 4.69) is 15.3 Å². The van der Waals surface area contributed by atoms with Gasteiger partial charge in [0, 0.05) is 0 Å². The van der Waals surface area contributed by atoms with Crippen molar-refractivity contribution < 1.29 is 9.90 Å². The summed E-state index contributed by atoms with van der Waals surface area (Å²) in [6, 6.07) is -0.197.